The molecule has 21 heavy (non-hydrogen) atoms. The van der Waals surface area contributed by atoms with Crippen LogP contribution in [0.5, 0.6) is 5.75 Å². The Morgan fingerprint density at radius 1 is 1.00 bits per heavy atom. The van der Waals surface area contributed by atoms with Crippen molar-refractivity contribution in [1.82, 2.24) is 4.98 Å². The average molecular weight is 279 g/mol. The van der Waals surface area contributed by atoms with E-state index in [1.807, 2.05) is 42.5 Å². The first-order valence-corrected chi connectivity index (χ1v) is 6.65. The highest BCUT2D eigenvalue weighted by atomic mass is 16.5. The van der Waals surface area contributed by atoms with Crippen LogP contribution >= 0.6 is 0 Å². The number of rotatable bonds is 4. The van der Waals surface area contributed by atoms with Gasteiger partial charge in [0.1, 0.15) is 12.4 Å². The number of fused-ring (bicyclic) bond motifs is 1. The van der Waals surface area contributed by atoms with Crippen molar-refractivity contribution < 1.29 is 14.8 Å². The SMILES string of the molecule is OB(O)c1c(OCc2cccnc2)ccc2ccccc12. The minimum absolute atomic E-state index is 0.325. The third-order valence-electron chi connectivity index (χ3n) is 3.31. The van der Waals surface area contributed by atoms with Crippen molar-refractivity contribution in [3.05, 3.63) is 66.5 Å². The molecule has 4 nitrogen and oxygen atoms in total. The van der Waals surface area contributed by atoms with Crippen LogP contribution in [0.3, 0.4) is 0 Å². The van der Waals surface area contributed by atoms with E-state index < -0.39 is 7.12 Å². The summed E-state index contributed by atoms with van der Waals surface area (Å²) in [6, 6.07) is 14.9. The van der Waals surface area contributed by atoms with E-state index in [1.54, 1.807) is 18.5 Å². The van der Waals surface area contributed by atoms with E-state index in [1.165, 1.54) is 0 Å². The van der Waals surface area contributed by atoms with Crippen molar-refractivity contribution in [2.24, 2.45) is 0 Å². The molecule has 0 unspecified atom stereocenters. The molecule has 0 radical (unpaired) electrons. The molecule has 1 heterocycles. The van der Waals surface area contributed by atoms with Crippen molar-refractivity contribution in [2.75, 3.05) is 0 Å². The topological polar surface area (TPSA) is 62.6 Å². The lowest BCUT2D eigenvalue weighted by molar-refractivity contribution is 0.306. The molecule has 104 valence electrons. The van der Waals surface area contributed by atoms with Crippen LogP contribution in [0.2, 0.25) is 0 Å². The smallest absolute Gasteiger partial charge is 0.489 e. The molecule has 0 saturated heterocycles. The monoisotopic (exact) mass is 279 g/mol. The fraction of sp³-hybridized carbons (Fsp3) is 0.0625. The van der Waals surface area contributed by atoms with Crippen molar-refractivity contribution in [1.29, 1.82) is 0 Å². The van der Waals surface area contributed by atoms with Gasteiger partial charge in [-0.05, 0) is 22.9 Å². The first kappa shape index (κ1) is 13.6. The van der Waals surface area contributed by atoms with Gasteiger partial charge in [0.05, 0.1) is 0 Å². The highest BCUT2D eigenvalue weighted by Gasteiger charge is 2.20. The molecule has 0 aliphatic carbocycles. The van der Waals surface area contributed by atoms with Gasteiger partial charge in [0.15, 0.2) is 0 Å². The van der Waals surface area contributed by atoms with Crippen molar-refractivity contribution in [3.63, 3.8) is 0 Å². The molecule has 0 amide bonds. The lowest BCUT2D eigenvalue weighted by atomic mass is 9.76. The Kier molecular flexibility index (Phi) is 3.86. The van der Waals surface area contributed by atoms with E-state index in [2.05, 4.69) is 4.98 Å². The maximum Gasteiger partial charge on any atom is 0.492 e. The van der Waals surface area contributed by atoms with E-state index in [0.717, 1.165) is 16.3 Å². The van der Waals surface area contributed by atoms with Gasteiger partial charge in [-0.3, -0.25) is 4.98 Å². The summed E-state index contributed by atoms with van der Waals surface area (Å²) in [5, 5.41) is 21.0. The molecule has 5 heteroatoms. The number of ether oxygens (including phenoxy) is 1. The number of benzene rings is 2. The Morgan fingerprint density at radius 2 is 1.86 bits per heavy atom. The number of pyridine rings is 1. The molecule has 0 fully saturated rings. The molecule has 3 rings (SSSR count). The second kappa shape index (κ2) is 5.95. The van der Waals surface area contributed by atoms with E-state index in [9.17, 15) is 10.0 Å². The normalized spacial score (nSPS) is 10.6. The number of hydrogen-bond acceptors (Lipinski definition) is 4. The molecular weight excluding hydrogens is 265 g/mol. The van der Waals surface area contributed by atoms with Crippen molar-refractivity contribution in [2.45, 2.75) is 6.61 Å². The summed E-state index contributed by atoms with van der Waals surface area (Å²) in [5.74, 6) is 0.465. The molecule has 0 spiro atoms. The molecule has 2 aromatic carbocycles. The third-order valence-corrected chi connectivity index (χ3v) is 3.31. The van der Waals surface area contributed by atoms with E-state index >= 15 is 0 Å². The van der Waals surface area contributed by atoms with Crippen molar-refractivity contribution >= 4 is 23.4 Å². The lowest BCUT2D eigenvalue weighted by Gasteiger charge is -2.13. The molecule has 0 bridgehead atoms. The molecule has 0 saturated carbocycles. The highest BCUT2D eigenvalue weighted by Crippen LogP contribution is 2.19. The number of nitrogens with zero attached hydrogens (tertiary/aromatic N) is 1. The fourth-order valence-corrected chi connectivity index (χ4v) is 2.31. The van der Waals surface area contributed by atoms with Crippen LogP contribution in [0.4, 0.5) is 0 Å². The largest absolute Gasteiger partial charge is 0.492 e. The van der Waals surface area contributed by atoms with Gasteiger partial charge in [0, 0.05) is 23.4 Å². The Balaban J connectivity index is 1.96. The lowest BCUT2D eigenvalue weighted by Crippen LogP contribution is -2.32. The molecule has 2 N–H and O–H groups in total. The summed E-state index contributed by atoms with van der Waals surface area (Å²) in [6.45, 7) is 0.325. The summed E-state index contributed by atoms with van der Waals surface area (Å²) >= 11 is 0. The van der Waals surface area contributed by atoms with Gasteiger partial charge >= 0.3 is 7.12 Å². The number of aromatic nitrogens is 1. The van der Waals surface area contributed by atoms with Gasteiger partial charge < -0.3 is 14.8 Å². The Morgan fingerprint density at radius 3 is 2.62 bits per heavy atom. The summed E-state index contributed by atoms with van der Waals surface area (Å²) in [6.07, 6.45) is 3.42. The van der Waals surface area contributed by atoms with Crippen LogP contribution in [-0.4, -0.2) is 22.2 Å². The summed E-state index contributed by atoms with van der Waals surface area (Å²) in [4.78, 5) is 4.03. The first-order valence-electron chi connectivity index (χ1n) is 6.65. The zero-order valence-corrected chi connectivity index (χ0v) is 11.3. The van der Waals surface area contributed by atoms with Gasteiger partial charge in [-0.25, -0.2) is 0 Å². The molecule has 3 aromatic rings. The van der Waals surface area contributed by atoms with Crippen LogP contribution in [0.1, 0.15) is 5.56 Å². The average Bonchev–Trinajstić information content (AvgIpc) is 2.53. The summed E-state index contributed by atoms with van der Waals surface area (Å²) in [5.41, 5.74) is 1.31. The standard InChI is InChI=1S/C16H14BNO3/c19-17(20)16-14-6-2-1-5-13(14)7-8-15(16)21-11-12-4-3-9-18-10-12/h1-10,19-20H,11H2. The van der Waals surface area contributed by atoms with Crippen LogP contribution in [0.15, 0.2) is 60.9 Å². The van der Waals surface area contributed by atoms with Crippen molar-refractivity contribution in [3.8, 4) is 5.75 Å². The zero-order chi connectivity index (χ0) is 14.7. The Hall–Kier alpha value is -2.37. The maximum atomic E-state index is 9.66. The molecule has 0 aliphatic rings. The summed E-state index contributed by atoms with van der Waals surface area (Å²) in [7, 11) is -1.58. The zero-order valence-electron chi connectivity index (χ0n) is 11.3. The van der Waals surface area contributed by atoms with Gasteiger partial charge in [-0.1, -0.05) is 36.4 Å². The fourth-order valence-electron chi connectivity index (χ4n) is 2.31. The van der Waals surface area contributed by atoms with E-state index in [4.69, 9.17) is 4.74 Å². The first-order chi connectivity index (χ1) is 10.3. The van der Waals surface area contributed by atoms with Crippen LogP contribution in [-0.2, 0) is 6.61 Å². The van der Waals surface area contributed by atoms with Gasteiger partial charge in [-0.15, -0.1) is 0 Å². The minimum Gasteiger partial charge on any atom is -0.489 e. The summed E-state index contributed by atoms with van der Waals surface area (Å²) < 4.78 is 5.73. The van der Waals surface area contributed by atoms with Crippen LogP contribution in [0, 0.1) is 0 Å². The van der Waals surface area contributed by atoms with E-state index in [0.29, 0.717) is 17.8 Å². The Labute approximate surface area is 122 Å². The predicted molar refractivity (Wildman–Crippen MR) is 82.3 cm³/mol. The van der Waals surface area contributed by atoms with E-state index in [-0.39, 0.29) is 0 Å². The van der Waals surface area contributed by atoms with Gasteiger partial charge in [-0.2, -0.15) is 0 Å². The van der Waals surface area contributed by atoms with Gasteiger partial charge in [0.2, 0.25) is 0 Å². The molecule has 0 atom stereocenters. The number of hydrogen-bond donors (Lipinski definition) is 2. The second-order valence-corrected chi connectivity index (χ2v) is 4.72. The minimum atomic E-state index is -1.58. The predicted octanol–water partition coefficient (Wildman–Crippen LogP) is 1.49. The highest BCUT2D eigenvalue weighted by molar-refractivity contribution is 6.63. The molecule has 1 aromatic heterocycles. The van der Waals surface area contributed by atoms with Gasteiger partial charge in [0.25, 0.3) is 0 Å². The third kappa shape index (κ3) is 2.89. The van der Waals surface area contributed by atoms with Crippen LogP contribution < -0.4 is 10.2 Å². The Bertz CT molecular complexity index is 747. The quantitative estimate of drug-likeness (QED) is 0.710. The van der Waals surface area contributed by atoms with Crippen LogP contribution in [0.25, 0.3) is 10.8 Å². The molecular formula is C16H14BNO3. The second-order valence-electron chi connectivity index (χ2n) is 4.72. The molecule has 0 aliphatic heterocycles. The maximum absolute atomic E-state index is 9.66.